The van der Waals surface area contributed by atoms with E-state index in [0.29, 0.717) is 24.9 Å². The molecule has 2 amide bonds. The van der Waals surface area contributed by atoms with Crippen molar-refractivity contribution >= 4 is 11.7 Å². The first-order chi connectivity index (χ1) is 10.9. The third-order valence-corrected chi connectivity index (χ3v) is 4.04. The fraction of sp³-hybridized carbons (Fsp3) is 0.632. The van der Waals surface area contributed by atoms with Gasteiger partial charge in [0.25, 0.3) is 0 Å². The number of carbonyl (C=O) groups is 1. The van der Waals surface area contributed by atoms with Crippen LogP contribution in [0.2, 0.25) is 0 Å². The maximum absolute atomic E-state index is 12.7. The lowest BCUT2D eigenvalue weighted by Gasteiger charge is -2.25. The largest absolute Gasteiger partial charge is 0.395 e. The minimum Gasteiger partial charge on any atom is -0.395 e. The second kappa shape index (κ2) is 9.56. The van der Waals surface area contributed by atoms with E-state index in [2.05, 4.69) is 58.1 Å². The van der Waals surface area contributed by atoms with Gasteiger partial charge < -0.3 is 15.3 Å². The number of nitrogens with one attached hydrogen (secondary N) is 1. The molecule has 0 saturated heterocycles. The number of benzene rings is 1. The van der Waals surface area contributed by atoms with Gasteiger partial charge in [-0.05, 0) is 29.4 Å². The van der Waals surface area contributed by atoms with Crippen molar-refractivity contribution in [1.82, 2.24) is 4.90 Å². The fourth-order valence-electron chi connectivity index (χ4n) is 2.67. The fourth-order valence-corrected chi connectivity index (χ4v) is 2.67. The molecule has 0 aliphatic carbocycles. The third kappa shape index (κ3) is 5.54. The summed E-state index contributed by atoms with van der Waals surface area (Å²) in [4.78, 5) is 14.4. The number of hydrogen-bond donors (Lipinski definition) is 2. The average molecular weight is 320 g/mol. The molecule has 0 aromatic heterocycles. The van der Waals surface area contributed by atoms with E-state index < -0.39 is 0 Å². The van der Waals surface area contributed by atoms with Crippen LogP contribution >= 0.6 is 0 Å². The molecular weight excluding hydrogens is 288 g/mol. The van der Waals surface area contributed by atoms with Crippen LogP contribution < -0.4 is 5.32 Å². The van der Waals surface area contributed by atoms with Crippen molar-refractivity contribution < 1.29 is 9.90 Å². The Balaban J connectivity index is 3.07. The van der Waals surface area contributed by atoms with E-state index in [4.69, 9.17) is 0 Å². The number of rotatable bonds is 8. The molecule has 23 heavy (non-hydrogen) atoms. The standard InChI is InChI=1S/C19H32N2O2/c1-6-7-11-21(12-13-22)19(23)20-18-16(14(2)3)9-8-10-17(18)15(4)5/h8-10,14-15,22H,6-7,11-13H2,1-5H3,(H,20,23). The zero-order chi connectivity index (χ0) is 17.4. The molecule has 0 saturated carbocycles. The third-order valence-electron chi connectivity index (χ3n) is 4.04. The Labute approximate surface area is 140 Å². The number of urea groups is 1. The lowest BCUT2D eigenvalue weighted by Crippen LogP contribution is -2.38. The molecule has 0 unspecified atom stereocenters. The molecule has 0 atom stereocenters. The summed E-state index contributed by atoms with van der Waals surface area (Å²) in [5, 5.41) is 12.3. The van der Waals surface area contributed by atoms with E-state index in [1.165, 1.54) is 0 Å². The number of unbranched alkanes of at least 4 members (excludes halogenated alkanes) is 1. The number of aliphatic hydroxyl groups excluding tert-OH is 1. The van der Waals surface area contributed by atoms with Gasteiger partial charge in [0.1, 0.15) is 0 Å². The van der Waals surface area contributed by atoms with Crippen LogP contribution in [0, 0.1) is 0 Å². The Morgan fingerprint density at radius 1 is 1.13 bits per heavy atom. The molecule has 0 bridgehead atoms. The topological polar surface area (TPSA) is 52.6 Å². The van der Waals surface area contributed by atoms with Crippen molar-refractivity contribution in [3.63, 3.8) is 0 Å². The summed E-state index contributed by atoms with van der Waals surface area (Å²) in [5.41, 5.74) is 3.25. The molecule has 0 aliphatic rings. The van der Waals surface area contributed by atoms with E-state index in [1.54, 1.807) is 4.90 Å². The van der Waals surface area contributed by atoms with Gasteiger partial charge >= 0.3 is 6.03 Å². The van der Waals surface area contributed by atoms with Gasteiger partial charge in [-0.25, -0.2) is 4.79 Å². The lowest BCUT2D eigenvalue weighted by atomic mass is 9.93. The summed E-state index contributed by atoms with van der Waals surface area (Å²) < 4.78 is 0. The number of carbonyl (C=O) groups excluding carboxylic acids is 1. The number of para-hydroxylation sites is 1. The predicted molar refractivity (Wildman–Crippen MR) is 97.2 cm³/mol. The van der Waals surface area contributed by atoms with Crippen molar-refractivity contribution in [3.8, 4) is 0 Å². The van der Waals surface area contributed by atoms with Crippen LogP contribution in [0.5, 0.6) is 0 Å². The Kier molecular flexibility index (Phi) is 8.10. The van der Waals surface area contributed by atoms with Crippen LogP contribution in [0.4, 0.5) is 10.5 Å². The zero-order valence-corrected chi connectivity index (χ0v) is 15.2. The van der Waals surface area contributed by atoms with Crippen LogP contribution in [0.15, 0.2) is 18.2 Å². The van der Waals surface area contributed by atoms with Crippen molar-refractivity contribution in [2.24, 2.45) is 0 Å². The van der Waals surface area contributed by atoms with Crippen LogP contribution in [0.3, 0.4) is 0 Å². The smallest absolute Gasteiger partial charge is 0.321 e. The second-order valence-electron chi connectivity index (χ2n) is 6.62. The first-order valence-corrected chi connectivity index (χ1v) is 8.71. The van der Waals surface area contributed by atoms with E-state index in [-0.39, 0.29) is 12.6 Å². The molecule has 0 fully saturated rings. The second-order valence-corrected chi connectivity index (χ2v) is 6.62. The number of nitrogens with zero attached hydrogens (tertiary/aromatic N) is 1. The van der Waals surface area contributed by atoms with Crippen molar-refractivity contribution in [2.75, 3.05) is 25.0 Å². The molecule has 2 N–H and O–H groups in total. The Morgan fingerprint density at radius 3 is 2.13 bits per heavy atom. The summed E-state index contributed by atoms with van der Waals surface area (Å²) in [5.74, 6) is 0.678. The minimum atomic E-state index is -0.123. The predicted octanol–water partition coefficient (Wildman–Crippen LogP) is 4.56. The molecular formula is C19H32N2O2. The first-order valence-electron chi connectivity index (χ1n) is 8.71. The van der Waals surface area contributed by atoms with E-state index in [9.17, 15) is 9.90 Å². The van der Waals surface area contributed by atoms with Crippen LogP contribution in [0.1, 0.15) is 70.4 Å². The number of hydrogen-bond acceptors (Lipinski definition) is 2. The van der Waals surface area contributed by atoms with Crippen LogP contribution in [0.25, 0.3) is 0 Å². The van der Waals surface area contributed by atoms with E-state index in [1.807, 2.05) is 0 Å². The molecule has 1 rings (SSSR count). The molecule has 0 aliphatic heterocycles. The van der Waals surface area contributed by atoms with Gasteiger partial charge in [0.05, 0.1) is 6.61 Å². The molecule has 1 aromatic rings. The zero-order valence-electron chi connectivity index (χ0n) is 15.2. The Bertz CT molecular complexity index is 472. The number of amides is 2. The highest BCUT2D eigenvalue weighted by Gasteiger charge is 2.19. The summed E-state index contributed by atoms with van der Waals surface area (Å²) in [6, 6.07) is 6.09. The Hall–Kier alpha value is -1.55. The van der Waals surface area contributed by atoms with E-state index >= 15 is 0 Å². The van der Waals surface area contributed by atoms with Crippen LogP contribution in [-0.2, 0) is 0 Å². The van der Waals surface area contributed by atoms with Crippen LogP contribution in [-0.4, -0.2) is 35.7 Å². The molecule has 4 nitrogen and oxygen atoms in total. The number of anilines is 1. The monoisotopic (exact) mass is 320 g/mol. The lowest BCUT2D eigenvalue weighted by molar-refractivity contribution is 0.187. The minimum absolute atomic E-state index is 0.0139. The van der Waals surface area contributed by atoms with E-state index in [0.717, 1.165) is 29.7 Å². The maximum atomic E-state index is 12.7. The maximum Gasteiger partial charge on any atom is 0.321 e. The SMILES string of the molecule is CCCCN(CCO)C(=O)Nc1c(C(C)C)cccc1C(C)C. The highest BCUT2D eigenvalue weighted by Crippen LogP contribution is 2.32. The summed E-state index contributed by atoms with van der Waals surface area (Å²) in [6.07, 6.45) is 1.96. The van der Waals surface area contributed by atoms with Gasteiger partial charge in [-0.1, -0.05) is 59.2 Å². The molecule has 1 aromatic carbocycles. The molecule has 0 heterocycles. The van der Waals surface area contributed by atoms with Crippen molar-refractivity contribution in [3.05, 3.63) is 29.3 Å². The quantitative estimate of drug-likeness (QED) is 0.737. The van der Waals surface area contributed by atoms with Gasteiger partial charge in [0.15, 0.2) is 0 Å². The Morgan fingerprint density at radius 2 is 1.70 bits per heavy atom. The summed E-state index contributed by atoms with van der Waals surface area (Å²) >= 11 is 0. The highest BCUT2D eigenvalue weighted by molar-refractivity contribution is 5.91. The van der Waals surface area contributed by atoms with Gasteiger partial charge in [-0.3, -0.25) is 0 Å². The van der Waals surface area contributed by atoms with Crippen molar-refractivity contribution in [1.29, 1.82) is 0 Å². The first kappa shape index (κ1) is 19.5. The van der Waals surface area contributed by atoms with Gasteiger partial charge in [0, 0.05) is 18.8 Å². The number of aliphatic hydroxyl groups is 1. The van der Waals surface area contributed by atoms with Gasteiger partial charge in [0.2, 0.25) is 0 Å². The molecule has 130 valence electrons. The van der Waals surface area contributed by atoms with Gasteiger partial charge in [-0.2, -0.15) is 0 Å². The molecule has 0 spiro atoms. The van der Waals surface area contributed by atoms with Gasteiger partial charge in [-0.15, -0.1) is 0 Å². The molecule has 0 radical (unpaired) electrons. The highest BCUT2D eigenvalue weighted by atomic mass is 16.3. The normalized spacial score (nSPS) is 11.1. The molecule has 4 heteroatoms. The summed E-state index contributed by atoms with van der Waals surface area (Å²) in [6.45, 7) is 11.7. The summed E-state index contributed by atoms with van der Waals surface area (Å²) in [7, 11) is 0. The van der Waals surface area contributed by atoms with Crippen molar-refractivity contribution in [2.45, 2.75) is 59.3 Å². The average Bonchev–Trinajstić information content (AvgIpc) is 2.50.